The van der Waals surface area contributed by atoms with Gasteiger partial charge in [-0.2, -0.15) is 0 Å². The van der Waals surface area contributed by atoms with E-state index in [1.165, 1.54) is 6.26 Å². The molecule has 0 N–H and O–H groups in total. The van der Waals surface area contributed by atoms with Crippen LogP contribution < -0.4 is 0 Å². The second-order valence-corrected chi connectivity index (χ2v) is 6.03. The minimum absolute atomic E-state index is 0.167. The Morgan fingerprint density at radius 2 is 2.04 bits per heavy atom. The highest BCUT2D eigenvalue weighted by atomic mass is 35.5. The predicted molar refractivity (Wildman–Crippen MR) is 86.3 cm³/mol. The van der Waals surface area contributed by atoms with E-state index in [-0.39, 0.29) is 18.5 Å². The third-order valence-electron chi connectivity index (χ3n) is 3.86. The van der Waals surface area contributed by atoms with Crippen LogP contribution in [0.1, 0.15) is 29.3 Å². The summed E-state index contributed by atoms with van der Waals surface area (Å²) in [6.07, 6.45) is 3.43. The molecular weight excluding hydrogens is 330 g/mol. The van der Waals surface area contributed by atoms with Crippen LogP contribution in [0.25, 0.3) is 11.5 Å². The minimum Gasteiger partial charge on any atom is -0.459 e. The van der Waals surface area contributed by atoms with Crippen molar-refractivity contribution in [1.82, 2.24) is 15.1 Å². The predicted octanol–water partition coefficient (Wildman–Crippen LogP) is 3.79. The largest absolute Gasteiger partial charge is 0.459 e. The van der Waals surface area contributed by atoms with Crippen molar-refractivity contribution >= 4 is 17.5 Å². The summed E-state index contributed by atoms with van der Waals surface area (Å²) in [6.45, 7) is 0.252. The Morgan fingerprint density at radius 3 is 2.75 bits per heavy atom. The van der Waals surface area contributed by atoms with Crippen LogP contribution in [0.5, 0.6) is 0 Å². The molecule has 7 heteroatoms. The highest BCUT2D eigenvalue weighted by molar-refractivity contribution is 6.33. The molecule has 1 aliphatic carbocycles. The average molecular weight is 344 g/mol. The van der Waals surface area contributed by atoms with Gasteiger partial charge < -0.3 is 13.7 Å². The molecule has 2 aromatic heterocycles. The molecule has 122 valence electrons. The van der Waals surface area contributed by atoms with Crippen molar-refractivity contribution in [3.05, 3.63) is 59.3 Å². The van der Waals surface area contributed by atoms with Crippen LogP contribution in [0.4, 0.5) is 0 Å². The van der Waals surface area contributed by atoms with Crippen LogP contribution in [-0.2, 0) is 6.54 Å². The van der Waals surface area contributed by atoms with E-state index < -0.39 is 0 Å². The van der Waals surface area contributed by atoms with Crippen LogP contribution in [0.3, 0.4) is 0 Å². The monoisotopic (exact) mass is 343 g/mol. The minimum atomic E-state index is -0.167. The lowest BCUT2D eigenvalue weighted by atomic mass is 10.2. The number of hydrogen-bond acceptors (Lipinski definition) is 5. The summed E-state index contributed by atoms with van der Waals surface area (Å²) in [5, 5.41) is 8.63. The highest BCUT2D eigenvalue weighted by Gasteiger charge is 2.35. The van der Waals surface area contributed by atoms with Crippen LogP contribution in [0, 0.1) is 0 Å². The number of carbonyl (C=O) groups excluding carboxylic acids is 1. The van der Waals surface area contributed by atoms with Gasteiger partial charge in [-0.25, -0.2) is 0 Å². The molecule has 1 saturated carbocycles. The maximum absolute atomic E-state index is 12.5. The van der Waals surface area contributed by atoms with Gasteiger partial charge in [0, 0.05) is 6.04 Å². The van der Waals surface area contributed by atoms with Crippen LogP contribution in [0.15, 0.2) is 51.5 Å². The van der Waals surface area contributed by atoms with Crippen molar-refractivity contribution in [2.45, 2.75) is 25.4 Å². The van der Waals surface area contributed by atoms with Gasteiger partial charge in [0.15, 0.2) is 5.76 Å². The lowest BCUT2D eigenvalue weighted by Crippen LogP contribution is -2.32. The number of rotatable bonds is 5. The van der Waals surface area contributed by atoms with Gasteiger partial charge in [0.25, 0.3) is 5.91 Å². The van der Waals surface area contributed by atoms with E-state index in [0.29, 0.717) is 28.1 Å². The van der Waals surface area contributed by atoms with Crippen molar-refractivity contribution in [2.75, 3.05) is 0 Å². The maximum Gasteiger partial charge on any atom is 0.290 e. The Bertz CT molecular complexity index is 856. The Balaban J connectivity index is 1.56. The van der Waals surface area contributed by atoms with Crippen molar-refractivity contribution in [3.63, 3.8) is 0 Å². The quantitative estimate of drug-likeness (QED) is 0.704. The molecule has 3 aromatic rings. The Labute approximate surface area is 143 Å². The fourth-order valence-corrected chi connectivity index (χ4v) is 2.72. The summed E-state index contributed by atoms with van der Waals surface area (Å²) >= 11 is 6.15. The molecule has 0 saturated heterocycles. The number of furan rings is 1. The standard InChI is InChI=1S/C17H14ClN3O3/c18-13-5-2-1-4-12(13)16-20-19-15(24-16)10-21(11-7-8-11)17(22)14-6-3-9-23-14/h1-6,9,11H,7-8,10H2. The van der Waals surface area contributed by atoms with Crippen LogP contribution >= 0.6 is 11.6 Å². The number of hydrogen-bond donors (Lipinski definition) is 0. The van der Waals surface area contributed by atoms with Crippen molar-refractivity contribution in [1.29, 1.82) is 0 Å². The first-order chi connectivity index (χ1) is 11.7. The first kappa shape index (κ1) is 15.0. The molecule has 6 nitrogen and oxygen atoms in total. The first-order valence-corrected chi connectivity index (χ1v) is 8.02. The smallest absolute Gasteiger partial charge is 0.290 e. The van der Waals surface area contributed by atoms with Crippen molar-refractivity contribution in [2.24, 2.45) is 0 Å². The zero-order valence-electron chi connectivity index (χ0n) is 12.7. The number of benzene rings is 1. The molecule has 0 spiro atoms. The van der Waals surface area contributed by atoms with Crippen molar-refractivity contribution in [3.8, 4) is 11.5 Å². The number of nitrogens with zero attached hydrogens (tertiary/aromatic N) is 3. The van der Waals surface area contributed by atoms with E-state index in [0.717, 1.165) is 12.8 Å². The van der Waals surface area contributed by atoms with Gasteiger partial charge in [0.05, 0.1) is 23.4 Å². The summed E-state index contributed by atoms with van der Waals surface area (Å²) in [5.74, 6) is 0.862. The molecule has 1 aliphatic rings. The van der Waals surface area contributed by atoms with E-state index in [4.69, 9.17) is 20.4 Å². The fraction of sp³-hybridized carbons (Fsp3) is 0.235. The maximum atomic E-state index is 12.5. The average Bonchev–Trinajstić information content (AvgIpc) is 3.10. The summed E-state index contributed by atoms with van der Waals surface area (Å²) in [6, 6.07) is 10.8. The molecule has 1 amide bonds. The molecule has 0 aliphatic heterocycles. The second-order valence-electron chi connectivity index (χ2n) is 5.62. The van der Waals surface area contributed by atoms with Crippen LogP contribution in [-0.4, -0.2) is 27.0 Å². The fourth-order valence-electron chi connectivity index (χ4n) is 2.50. The topological polar surface area (TPSA) is 72.4 Å². The number of aromatic nitrogens is 2. The summed E-state index contributed by atoms with van der Waals surface area (Å²) in [4.78, 5) is 14.3. The SMILES string of the molecule is O=C(c1ccco1)N(Cc1nnc(-c2ccccc2Cl)o1)C1CC1. The molecule has 4 rings (SSSR count). The molecule has 0 unspecified atom stereocenters. The van der Waals surface area contributed by atoms with Gasteiger partial charge in [-0.1, -0.05) is 23.7 Å². The Morgan fingerprint density at radius 1 is 1.21 bits per heavy atom. The lowest BCUT2D eigenvalue weighted by Gasteiger charge is -2.18. The Kier molecular flexibility index (Phi) is 3.82. The van der Waals surface area contributed by atoms with Gasteiger partial charge in [-0.15, -0.1) is 10.2 Å². The number of halogens is 1. The van der Waals surface area contributed by atoms with Gasteiger partial charge in [0.1, 0.15) is 0 Å². The van der Waals surface area contributed by atoms with Gasteiger partial charge in [-0.3, -0.25) is 4.79 Å². The first-order valence-electron chi connectivity index (χ1n) is 7.64. The summed E-state index contributed by atoms with van der Waals surface area (Å²) in [5.41, 5.74) is 0.674. The van der Waals surface area contributed by atoms with E-state index in [1.807, 2.05) is 18.2 Å². The third-order valence-corrected chi connectivity index (χ3v) is 4.19. The third kappa shape index (κ3) is 2.92. The summed E-state index contributed by atoms with van der Waals surface area (Å²) in [7, 11) is 0. The van der Waals surface area contributed by atoms with Gasteiger partial charge in [0.2, 0.25) is 11.8 Å². The van der Waals surface area contributed by atoms with E-state index in [9.17, 15) is 4.79 Å². The highest BCUT2D eigenvalue weighted by Crippen LogP contribution is 2.31. The van der Waals surface area contributed by atoms with Crippen molar-refractivity contribution < 1.29 is 13.6 Å². The number of carbonyl (C=O) groups is 1. The zero-order chi connectivity index (χ0) is 16.5. The molecule has 1 aromatic carbocycles. The normalized spacial score (nSPS) is 13.9. The van der Waals surface area contributed by atoms with E-state index in [1.54, 1.807) is 23.1 Å². The van der Waals surface area contributed by atoms with E-state index >= 15 is 0 Å². The molecule has 0 bridgehead atoms. The number of amides is 1. The zero-order valence-corrected chi connectivity index (χ0v) is 13.4. The molecular formula is C17H14ClN3O3. The summed E-state index contributed by atoms with van der Waals surface area (Å²) < 4.78 is 10.9. The molecule has 1 fully saturated rings. The van der Waals surface area contributed by atoms with Crippen LogP contribution in [0.2, 0.25) is 5.02 Å². The second kappa shape index (κ2) is 6.13. The lowest BCUT2D eigenvalue weighted by molar-refractivity contribution is 0.0682. The Hall–Kier alpha value is -2.60. The molecule has 0 atom stereocenters. The van der Waals surface area contributed by atoms with Gasteiger partial charge in [-0.05, 0) is 37.1 Å². The molecule has 2 heterocycles. The molecule has 24 heavy (non-hydrogen) atoms. The van der Waals surface area contributed by atoms with E-state index in [2.05, 4.69) is 10.2 Å². The van der Waals surface area contributed by atoms with Gasteiger partial charge >= 0.3 is 0 Å². The molecule has 0 radical (unpaired) electrons.